The van der Waals surface area contributed by atoms with E-state index in [1.54, 1.807) is 11.0 Å². The van der Waals surface area contributed by atoms with Crippen LogP contribution in [-0.2, 0) is 9.53 Å². The van der Waals surface area contributed by atoms with Gasteiger partial charge in [0.1, 0.15) is 11.3 Å². The number of anilines is 1. The van der Waals surface area contributed by atoms with Gasteiger partial charge in [-0.2, -0.15) is 0 Å². The van der Waals surface area contributed by atoms with Crippen LogP contribution in [0.2, 0.25) is 0 Å². The van der Waals surface area contributed by atoms with Gasteiger partial charge < -0.3 is 4.74 Å². The van der Waals surface area contributed by atoms with Gasteiger partial charge in [0.2, 0.25) is 0 Å². The van der Waals surface area contributed by atoms with Crippen LogP contribution in [0.5, 0.6) is 0 Å². The molecule has 4 rings (SSSR count). The SMILES string of the molecule is Cl.O=C(/C=C/c1ccccc1)N(CCCN1CCOCC1)c1nc2c(F)cc(F)cc2s1. The fourth-order valence-corrected chi connectivity index (χ4v) is 4.50. The van der Waals surface area contributed by atoms with Crippen molar-refractivity contribution in [1.82, 2.24) is 9.88 Å². The number of nitrogens with zero attached hydrogens (tertiary/aromatic N) is 3. The van der Waals surface area contributed by atoms with E-state index in [9.17, 15) is 13.6 Å². The maximum atomic E-state index is 14.2. The molecule has 0 spiro atoms. The molecule has 0 radical (unpaired) electrons. The third-order valence-electron chi connectivity index (χ3n) is 5.08. The maximum absolute atomic E-state index is 14.2. The molecule has 32 heavy (non-hydrogen) atoms. The molecule has 1 fully saturated rings. The standard InChI is InChI=1S/C23H23F2N3O2S.ClH/c24-18-15-19(25)22-20(16-18)31-23(26-22)28(10-4-9-27-11-13-30-14-12-27)21(29)8-7-17-5-2-1-3-6-17;/h1-3,5-8,15-16H,4,9-14H2;1H/b8-7+;. The first-order valence-electron chi connectivity index (χ1n) is 10.2. The highest BCUT2D eigenvalue weighted by Gasteiger charge is 2.20. The molecule has 0 atom stereocenters. The fourth-order valence-electron chi connectivity index (χ4n) is 3.46. The number of morpholine rings is 1. The van der Waals surface area contributed by atoms with Crippen LogP contribution in [0.4, 0.5) is 13.9 Å². The highest BCUT2D eigenvalue weighted by Crippen LogP contribution is 2.31. The Morgan fingerprint density at radius 1 is 1.19 bits per heavy atom. The number of amides is 1. The molecule has 3 aromatic rings. The highest BCUT2D eigenvalue weighted by atomic mass is 35.5. The molecule has 0 unspecified atom stereocenters. The minimum absolute atomic E-state index is 0. The van der Waals surface area contributed by atoms with Gasteiger partial charge in [0.15, 0.2) is 10.9 Å². The number of carbonyl (C=O) groups excluding carboxylic acids is 1. The number of halogens is 3. The van der Waals surface area contributed by atoms with Crippen molar-refractivity contribution in [3.05, 3.63) is 65.7 Å². The van der Waals surface area contributed by atoms with Crippen LogP contribution in [0, 0.1) is 11.6 Å². The van der Waals surface area contributed by atoms with Gasteiger partial charge in [0.25, 0.3) is 5.91 Å². The molecular formula is C23H24ClF2N3O2S. The van der Waals surface area contributed by atoms with Crippen molar-refractivity contribution in [3.63, 3.8) is 0 Å². The van der Waals surface area contributed by atoms with Crippen LogP contribution in [0.1, 0.15) is 12.0 Å². The van der Waals surface area contributed by atoms with E-state index in [1.165, 1.54) is 12.1 Å². The Bertz CT molecular complexity index is 1070. The van der Waals surface area contributed by atoms with Crippen LogP contribution in [0.3, 0.4) is 0 Å². The molecular weight excluding hydrogens is 456 g/mol. The van der Waals surface area contributed by atoms with Crippen molar-refractivity contribution in [2.75, 3.05) is 44.3 Å². The molecule has 2 aromatic carbocycles. The first kappa shape index (κ1) is 24.3. The molecule has 1 aromatic heterocycles. The summed E-state index contributed by atoms with van der Waals surface area (Å²) in [5, 5.41) is 0.365. The molecule has 0 saturated carbocycles. The fraction of sp³-hybridized carbons (Fsp3) is 0.304. The van der Waals surface area contributed by atoms with E-state index in [2.05, 4.69) is 9.88 Å². The molecule has 0 N–H and O–H groups in total. The van der Waals surface area contributed by atoms with Gasteiger partial charge in [-0.3, -0.25) is 14.6 Å². The van der Waals surface area contributed by atoms with Gasteiger partial charge in [-0.25, -0.2) is 13.8 Å². The van der Waals surface area contributed by atoms with Gasteiger partial charge in [-0.1, -0.05) is 41.7 Å². The van der Waals surface area contributed by atoms with E-state index in [1.807, 2.05) is 30.3 Å². The van der Waals surface area contributed by atoms with Crippen LogP contribution >= 0.6 is 23.7 Å². The number of hydrogen-bond acceptors (Lipinski definition) is 5. The first-order valence-corrected chi connectivity index (χ1v) is 11.0. The quantitative estimate of drug-likeness (QED) is 0.458. The molecule has 1 saturated heterocycles. The van der Waals surface area contributed by atoms with Crippen molar-refractivity contribution < 1.29 is 18.3 Å². The summed E-state index contributed by atoms with van der Waals surface area (Å²) in [7, 11) is 0. The summed E-state index contributed by atoms with van der Waals surface area (Å²) in [6.45, 7) is 4.42. The van der Waals surface area contributed by atoms with Gasteiger partial charge in [0.05, 0.1) is 17.9 Å². The lowest BCUT2D eigenvalue weighted by atomic mass is 10.2. The van der Waals surface area contributed by atoms with E-state index in [0.717, 1.165) is 49.0 Å². The highest BCUT2D eigenvalue weighted by molar-refractivity contribution is 7.22. The summed E-state index contributed by atoms with van der Waals surface area (Å²) in [6.07, 6.45) is 3.97. The summed E-state index contributed by atoms with van der Waals surface area (Å²) in [5.74, 6) is -1.63. The minimum Gasteiger partial charge on any atom is -0.379 e. The Morgan fingerprint density at radius 2 is 1.94 bits per heavy atom. The second kappa shape index (κ2) is 11.5. The Morgan fingerprint density at radius 3 is 2.69 bits per heavy atom. The van der Waals surface area contributed by atoms with Crippen LogP contribution in [-0.4, -0.2) is 55.2 Å². The average molecular weight is 480 g/mol. The lowest BCUT2D eigenvalue weighted by molar-refractivity contribution is -0.114. The molecule has 0 aliphatic carbocycles. The zero-order chi connectivity index (χ0) is 21.6. The molecule has 2 heterocycles. The number of ether oxygens (including phenoxy) is 1. The van der Waals surface area contributed by atoms with E-state index >= 15 is 0 Å². The van der Waals surface area contributed by atoms with Crippen molar-refractivity contribution in [2.45, 2.75) is 6.42 Å². The van der Waals surface area contributed by atoms with E-state index in [-0.39, 0.29) is 23.8 Å². The van der Waals surface area contributed by atoms with Crippen molar-refractivity contribution in [3.8, 4) is 0 Å². The Hall–Kier alpha value is -2.39. The van der Waals surface area contributed by atoms with E-state index < -0.39 is 11.6 Å². The predicted octanol–water partition coefficient (Wildman–Crippen LogP) is 4.77. The summed E-state index contributed by atoms with van der Waals surface area (Å²) in [4.78, 5) is 21.2. The van der Waals surface area contributed by atoms with Gasteiger partial charge in [-0.05, 0) is 24.1 Å². The summed E-state index contributed by atoms with van der Waals surface area (Å²) < 4.78 is 33.5. The summed E-state index contributed by atoms with van der Waals surface area (Å²) in [6, 6.07) is 11.6. The molecule has 1 amide bonds. The maximum Gasteiger partial charge on any atom is 0.252 e. The molecule has 9 heteroatoms. The van der Waals surface area contributed by atoms with Gasteiger partial charge >= 0.3 is 0 Å². The van der Waals surface area contributed by atoms with Crippen molar-refractivity contribution in [1.29, 1.82) is 0 Å². The minimum atomic E-state index is -0.724. The molecule has 1 aliphatic heterocycles. The lowest BCUT2D eigenvalue weighted by Gasteiger charge is -2.27. The number of hydrogen-bond donors (Lipinski definition) is 0. The topological polar surface area (TPSA) is 45.7 Å². The smallest absolute Gasteiger partial charge is 0.252 e. The average Bonchev–Trinajstić information content (AvgIpc) is 3.20. The number of aromatic nitrogens is 1. The third-order valence-corrected chi connectivity index (χ3v) is 6.10. The second-order valence-corrected chi connectivity index (χ2v) is 8.28. The van der Waals surface area contributed by atoms with Gasteiger partial charge in [0, 0.05) is 38.3 Å². The predicted molar refractivity (Wildman–Crippen MR) is 126 cm³/mol. The number of carbonyl (C=O) groups is 1. The van der Waals surface area contributed by atoms with Crippen LogP contribution in [0.15, 0.2) is 48.5 Å². The number of thiazole rings is 1. The van der Waals surface area contributed by atoms with E-state index in [4.69, 9.17) is 4.74 Å². The second-order valence-electron chi connectivity index (χ2n) is 7.27. The Balaban J connectivity index is 0.00000289. The van der Waals surface area contributed by atoms with Crippen LogP contribution in [0.25, 0.3) is 16.3 Å². The van der Waals surface area contributed by atoms with E-state index in [0.29, 0.717) is 29.6 Å². The molecule has 170 valence electrons. The van der Waals surface area contributed by atoms with Crippen molar-refractivity contribution in [2.24, 2.45) is 0 Å². The van der Waals surface area contributed by atoms with Crippen molar-refractivity contribution >= 4 is 51.1 Å². The zero-order valence-electron chi connectivity index (χ0n) is 17.4. The van der Waals surface area contributed by atoms with Gasteiger partial charge in [-0.15, -0.1) is 12.4 Å². The molecule has 5 nitrogen and oxygen atoms in total. The lowest BCUT2D eigenvalue weighted by Crippen LogP contribution is -2.39. The Kier molecular flexibility index (Phi) is 8.69. The molecule has 1 aliphatic rings. The summed E-state index contributed by atoms with van der Waals surface area (Å²) in [5.41, 5.74) is 0.987. The molecule has 0 bridgehead atoms. The Labute approximate surface area is 195 Å². The van der Waals surface area contributed by atoms with Crippen LogP contribution < -0.4 is 4.90 Å². The normalized spacial score (nSPS) is 14.6. The number of rotatable bonds is 7. The largest absolute Gasteiger partial charge is 0.379 e. The number of fused-ring (bicyclic) bond motifs is 1. The summed E-state index contributed by atoms with van der Waals surface area (Å²) >= 11 is 1.12. The first-order chi connectivity index (χ1) is 15.1. The monoisotopic (exact) mass is 479 g/mol. The number of benzene rings is 2. The third kappa shape index (κ3) is 6.10. The zero-order valence-corrected chi connectivity index (χ0v) is 19.0.